The molecule has 0 N–H and O–H groups in total. The van der Waals surface area contributed by atoms with Crippen LogP contribution in [0, 0.1) is 6.08 Å². The Morgan fingerprint density at radius 3 is 2.14 bits per heavy atom. The lowest BCUT2D eigenvalue weighted by atomic mass is 10.2. The summed E-state index contributed by atoms with van der Waals surface area (Å²) in [4.78, 5) is 0. The zero-order valence-electron chi connectivity index (χ0n) is 8.78. The Morgan fingerprint density at radius 2 is 1.36 bits per heavy atom. The number of hydrogen-bond acceptors (Lipinski definition) is 0. The van der Waals surface area contributed by atoms with Gasteiger partial charge in [-0.2, -0.15) is 0 Å². The number of allylic oxidation sites excluding steroid dienone is 8. The van der Waals surface area contributed by atoms with Gasteiger partial charge in [0.25, 0.3) is 0 Å². The van der Waals surface area contributed by atoms with E-state index in [1.807, 2.05) is 0 Å². The van der Waals surface area contributed by atoms with Crippen molar-refractivity contribution in [1.82, 2.24) is 0 Å². The van der Waals surface area contributed by atoms with E-state index in [4.69, 9.17) is 0 Å². The number of hydrogen-bond donors (Lipinski definition) is 0. The molecule has 14 heavy (non-hydrogen) atoms. The van der Waals surface area contributed by atoms with E-state index >= 15 is 0 Å². The van der Waals surface area contributed by atoms with Crippen LogP contribution in [-0.4, -0.2) is 0 Å². The van der Waals surface area contributed by atoms with Crippen molar-refractivity contribution >= 4 is 0 Å². The van der Waals surface area contributed by atoms with E-state index in [0.29, 0.717) is 0 Å². The molecule has 0 aromatic heterocycles. The quantitative estimate of drug-likeness (QED) is 0.494. The minimum absolute atomic E-state index is 1.03. The van der Waals surface area contributed by atoms with Crippen molar-refractivity contribution in [3.05, 3.63) is 48.6 Å². The van der Waals surface area contributed by atoms with Gasteiger partial charge in [-0.3, -0.25) is 0 Å². The molecule has 1 aliphatic carbocycles. The summed E-state index contributed by atoms with van der Waals surface area (Å²) in [7, 11) is 0. The summed E-state index contributed by atoms with van der Waals surface area (Å²) in [6, 6.07) is 0. The van der Waals surface area contributed by atoms with Crippen LogP contribution in [0.5, 0.6) is 0 Å². The van der Waals surface area contributed by atoms with Gasteiger partial charge in [0.05, 0.1) is 0 Å². The third-order valence-electron chi connectivity index (χ3n) is 2.13. The summed E-state index contributed by atoms with van der Waals surface area (Å²) in [5.74, 6) is 0. The van der Waals surface area contributed by atoms with Crippen molar-refractivity contribution in [3.63, 3.8) is 0 Å². The van der Waals surface area contributed by atoms with Gasteiger partial charge in [0.15, 0.2) is 0 Å². The highest BCUT2D eigenvalue weighted by Crippen LogP contribution is 2.01. The Bertz CT molecular complexity index is 204. The van der Waals surface area contributed by atoms with E-state index in [1.165, 1.54) is 12.8 Å². The van der Waals surface area contributed by atoms with Gasteiger partial charge >= 0.3 is 0 Å². The lowest BCUT2D eigenvalue weighted by molar-refractivity contribution is 0.850. The van der Waals surface area contributed by atoms with Crippen molar-refractivity contribution in [1.29, 1.82) is 0 Å². The van der Waals surface area contributed by atoms with Crippen LogP contribution in [0.4, 0.5) is 0 Å². The van der Waals surface area contributed by atoms with Crippen molar-refractivity contribution in [2.75, 3.05) is 0 Å². The molecule has 0 atom stereocenters. The predicted octanol–water partition coefficient (Wildman–Crippen LogP) is 4.37. The van der Waals surface area contributed by atoms with Crippen LogP contribution >= 0.6 is 0 Å². The van der Waals surface area contributed by atoms with Crippen LogP contribution in [0.2, 0.25) is 0 Å². The SMILES string of the molecule is [C]1=C/C/C=C\C/C=C\C/C=C\CCC/1. The van der Waals surface area contributed by atoms with E-state index in [1.54, 1.807) is 0 Å². The van der Waals surface area contributed by atoms with Gasteiger partial charge in [-0.15, -0.1) is 0 Å². The average molecular weight is 187 g/mol. The summed E-state index contributed by atoms with van der Waals surface area (Å²) >= 11 is 0. The Hall–Kier alpha value is -1.04. The minimum atomic E-state index is 1.03. The van der Waals surface area contributed by atoms with Crippen molar-refractivity contribution < 1.29 is 0 Å². The highest BCUT2D eigenvalue weighted by atomic mass is 13.9. The molecule has 0 unspecified atom stereocenters. The standard InChI is InChI=1S/C14H19/c1-2-4-6-8-10-12-14-13-11-9-7-5-3-1/h1-2,5-8,11H,3-4,9-10,12,14H2/b2-1-,7-5-,8-6-,13-11?. The molecule has 1 radical (unpaired) electrons. The minimum Gasteiger partial charge on any atom is -0.0882 e. The summed E-state index contributed by atoms with van der Waals surface area (Å²) in [6.45, 7) is 0. The van der Waals surface area contributed by atoms with E-state index in [2.05, 4.69) is 48.6 Å². The second-order valence-electron chi connectivity index (χ2n) is 3.42. The first-order valence-corrected chi connectivity index (χ1v) is 5.50. The molecule has 0 saturated carbocycles. The molecule has 0 aromatic carbocycles. The average Bonchev–Trinajstić information content (AvgIpc) is 2.22. The van der Waals surface area contributed by atoms with Gasteiger partial charge in [0.1, 0.15) is 0 Å². The van der Waals surface area contributed by atoms with Crippen LogP contribution < -0.4 is 0 Å². The van der Waals surface area contributed by atoms with Crippen LogP contribution in [0.15, 0.2) is 42.5 Å². The molecule has 75 valence electrons. The van der Waals surface area contributed by atoms with E-state index < -0.39 is 0 Å². The molecule has 1 aliphatic rings. The lowest BCUT2D eigenvalue weighted by Gasteiger charge is -1.90. The molecule has 0 aliphatic heterocycles. The second kappa shape index (κ2) is 8.55. The molecule has 0 heteroatoms. The third kappa shape index (κ3) is 6.47. The molecule has 0 spiro atoms. The number of rotatable bonds is 0. The summed E-state index contributed by atoms with van der Waals surface area (Å²) in [6.07, 6.45) is 25.5. The Labute approximate surface area is 87.7 Å². The Kier molecular flexibility index (Phi) is 6.74. The van der Waals surface area contributed by atoms with Crippen molar-refractivity contribution in [2.45, 2.75) is 38.5 Å². The van der Waals surface area contributed by atoms with Crippen molar-refractivity contribution in [3.8, 4) is 0 Å². The first kappa shape index (κ1) is 11.0. The maximum absolute atomic E-state index is 3.31. The zero-order valence-corrected chi connectivity index (χ0v) is 8.78. The fourth-order valence-electron chi connectivity index (χ4n) is 1.33. The first-order chi connectivity index (χ1) is 7.00. The van der Waals surface area contributed by atoms with Crippen LogP contribution in [-0.2, 0) is 0 Å². The van der Waals surface area contributed by atoms with E-state index in [-0.39, 0.29) is 0 Å². The van der Waals surface area contributed by atoms with Gasteiger partial charge in [-0.05, 0) is 44.6 Å². The molecule has 0 nitrogen and oxygen atoms in total. The molecule has 0 fully saturated rings. The molecule has 0 bridgehead atoms. The maximum Gasteiger partial charge on any atom is -0.0163 e. The molecule has 0 saturated heterocycles. The smallest absolute Gasteiger partial charge is 0.0163 e. The third-order valence-corrected chi connectivity index (χ3v) is 2.13. The van der Waals surface area contributed by atoms with Crippen LogP contribution in [0.3, 0.4) is 0 Å². The predicted molar refractivity (Wildman–Crippen MR) is 62.9 cm³/mol. The molecule has 1 rings (SSSR count). The monoisotopic (exact) mass is 187 g/mol. The van der Waals surface area contributed by atoms with Crippen molar-refractivity contribution in [2.24, 2.45) is 0 Å². The van der Waals surface area contributed by atoms with Gasteiger partial charge in [-0.25, -0.2) is 0 Å². The fraction of sp³-hybridized carbons (Fsp3) is 0.429. The van der Waals surface area contributed by atoms with E-state index in [0.717, 1.165) is 25.7 Å². The fourth-order valence-corrected chi connectivity index (χ4v) is 1.33. The maximum atomic E-state index is 3.31. The molecule has 0 heterocycles. The molecule has 0 aromatic rings. The van der Waals surface area contributed by atoms with Crippen LogP contribution in [0.1, 0.15) is 38.5 Å². The largest absolute Gasteiger partial charge is 0.0882 e. The summed E-state index contributed by atoms with van der Waals surface area (Å²) in [5, 5.41) is 0. The van der Waals surface area contributed by atoms with Gasteiger partial charge < -0.3 is 0 Å². The summed E-state index contributed by atoms with van der Waals surface area (Å²) < 4.78 is 0. The normalized spacial score (nSPS) is 28.6. The Balaban J connectivity index is 2.34. The Morgan fingerprint density at radius 1 is 0.714 bits per heavy atom. The van der Waals surface area contributed by atoms with Gasteiger partial charge in [0.2, 0.25) is 0 Å². The lowest BCUT2D eigenvalue weighted by Crippen LogP contribution is -1.71. The highest BCUT2D eigenvalue weighted by Gasteiger charge is 1.81. The summed E-state index contributed by atoms with van der Waals surface area (Å²) in [5.41, 5.74) is 0. The molecular weight excluding hydrogens is 168 g/mol. The van der Waals surface area contributed by atoms with Gasteiger partial charge in [0, 0.05) is 0 Å². The topological polar surface area (TPSA) is 0 Å². The zero-order chi connectivity index (χ0) is 9.90. The van der Waals surface area contributed by atoms with E-state index in [9.17, 15) is 0 Å². The second-order valence-corrected chi connectivity index (χ2v) is 3.42. The first-order valence-electron chi connectivity index (χ1n) is 5.50. The molecular formula is C14H19. The highest BCUT2D eigenvalue weighted by molar-refractivity contribution is 4.99. The molecule has 0 amide bonds. The van der Waals surface area contributed by atoms with Crippen LogP contribution in [0.25, 0.3) is 0 Å². The van der Waals surface area contributed by atoms with Gasteiger partial charge in [-0.1, -0.05) is 42.5 Å².